The van der Waals surface area contributed by atoms with Gasteiger partial charge in [-0.25, -0.2) is 0 Å². The maximum Gasteiger partial charge on any atom is 0.233 e. The molecule has 1 aromatic carbocycles. The molecule has 0 aliphatic carbocycles. The molecule has 3 heterocycles. The average molecular weight is 347 g/mol. The van der Waals surface area contributed by atoms with Crippen molar-refractivity contribution in [3.05, 3.63) is 18.2 Å². The molecule has 0 saturated carbocycles. The van der Waals surface area contributed by atoms with Crippen molar-refractivity contribution in [2.45, 2.75) is 29.7 Å². The van der Waals surface area contributed by atoms with Crippen LogP contribution in [-0.2, 0) is 4.79 Å². The summed E-state index contributed by atoms with van der Waals surface area (Å²) in [5.41, 5.74) is 0.779. The molecule has 2 aromatic rings. The number of hydrogen-bond donors (Lipinski definition) is 1. The van der Waals surface area contributed by atoms with E-state index in [1.807, 2.05) is 18.2 Å². The van der Waals surface area contributed by atoms with Gasteiger partial charge in [0.2, 0.25) is 11.1 Å². The van der Waals surface area contributed by atoms with Gasteiger partial charge in [-0.3, -0.25) is 4.79 Å². The number of tetrazole rings is 1. The van der Waals surface area contributed by atoms with E-state index in [9.17, 15) is 4.79 Å². The highest BCUT2D eigenvalue weighted by Gasteiger charge is 2.25. The van der Waals surface area contributed by atoms with Crippen LogP contribution in [-0.4, -0.2) is 51.1 Å². The van der Waals surface area contributed by atoms with Gasteiger partial charge >= 0.3 is 0 Å². The van der Waals surface area contributed by atoms with Gasteiger partial charge in [-0.2, -0.15) is 4.68 Å². The third-order valence-electron chi connectivity index (χ3n) is 3.94. The Hall–Kier alpha value is -2.29. The van der Waals surface area contributed by atoms with Crippen LogP contribution in [0.25, 0.3) is 5.69 Å². The minimum Gasteiger partial charge on any atom is -0.486 e. The van der Waals surface area contributed by atoms with Gasteiger partial charge < -0.3 is 14.8 Å². The SMILES string of the molecule is O=C1NCCCC[C@@H]1Sc1nnnn1-c1ccc2c(c1)OCCO2. The molecule has 1 N–H and O–H groups in total. The fourth-order valence-electron chi connectivity index (χ4n) is 2.73. The molecule has 4 rings (SSSR count). The monoisotopic (exact) mass is 347 g/mol. The van der Waals surface area contributed by atoms with Gasteiger partial charge in [0, 0.05) is 12.6 Å². The van der Waals surface area contributed by atoms with E-state index >= 15 is 0 Å². The highest BCUT2D eigenvalue weighted by atomic mass is 32.2. The lowest BCUT2D eigenvalue weighted by Crippen LogP contribution is -2.30. The number of rotatable bonds is 3. The van der Waals surface area contributed by atoms with E-state index in [4.69, 9.17) is 9.47 Å². The van der Waals surface area contributed by atoms with Gasteiger partial charge in [0.15, 0.2) is 11.5 Å². The van der Waals surface area contributed by atoms with Crippen LogP contribution in [0.1, 0.15) is 19.3 Å². The number of nitrogens with zero attached hydrogens (tertiary/aromatic N) is 4. The number of ether oxygens (including phenoxy) is 2. The lowest BCUT2D eigenvalue weighted by Gasteiger charge is -2.19. The van der Waals surface area contributed by atoms with Crippen molar-refractivity contribution < 1.29 is 14.3 Å². The number of aromatic nitrogens is 4. The summed E-state index contributed by atoms with van der Waals surface area (Å²) in [5, 5.41) is 15.2. The number of amides is 1. The Balaban J connectivity index is 1.59. The van der Waals surface area contributed by atoms with Crippen LogP contribution in [0.2, 0.25) is 0 Å². The van der Waals surface area contributed by atoms with Crippen LogP contribution in [0.5, 0.6) is 11.5 Å². The molecule has 1 atom stereocenters. The maximum absolute atomic E-state index is 12.1. The molecular formula is C15H17N5O3S. The second-order valence-electron chi connectivity index (χ2n) is 5.59. The Morgan fingerprint density at radius 3 is 3.00 bits per heavy atom. The largest absolute Gasteiger partial charge is 0.486 e. The fraction of sp³-hybridized carbons (Fsp3) is 0.467. The Bertz CT molecular complexity index is 750. The van der Waals surface area contributed by atoms with Gasteiger partial charge in [0.05, 0.1) is 10.9 Å². The third-order valence-corrected chi connectivity index (χ3v) is 5.14. The quantitative estimate of drug-likeness (QED) is 0.892. The van der Waals surface area contributed by atoms with Crippen molar-refractivity contribution in [3.8, 4) is 17.2 Å². The molecule has 1 fully saturated rings. The molecule has 1 amide bonds. The Morgan fingerprint density at radius 1 is 1.21 bits per heavy atom. The summed E-state index contributed by atoms with van der Waals surface area (Å²) in [6.07, 6.45) is 2.85. The summed E-state index contributed by atoms with van der Waals surface area (Å²) in [7, 11) is 0. The van der Waals surface area contributed by atoms with Crippen molar-refractivity contribution in [2.24, 2.45) is 0 Å². The highest BCUT2D eigenvalue weighted by Crippen LogP contribution is 2.33. The minimum atomic E-state index is -0.172. The van der Waals surface area contributed by atoms with Crippen LogP contribution < -0.4 is 14.8 Å². The van der Waals surface area contributed by atoms with Crippen molar-refractivity contribution in [1.29, 1.82) is 0 Å². The first-order chi connectivity index (χ1) is 11.8. The van der Waals surface area contributed by atoms with E-state index in [-0.39, 0.29) is 11.2 Å². The maximum atomic E-state index is 12.1. The number of nitrogens with one attached hydrogen (secondary N) is 1. The van der Waals surface area contributed by atoms with Gasteiger partial charge in [0.1, 0.15) is 13.2 Å². The van der Waals surface area contributed by atoms with Crippen LogP contribution in [0.3, 0.4) is 0 Å². The summed E-state index contributed by atoms with van der Waals surface area (Å²) in [6, 6.07) is 5.57. The molecule has 126 valence electrons. The molecule has 0 spiro atoms. The van der Waals surface area contributed by atoms with E-state index < -0.39 is 0 Å². The lowest BCUT2D eigenvalue weighted by atomic mass is 10.2. The van der Waals surface area contributed by atoms with Crippen LogP contribution in [0.4, 0.5) is 0 Å². The topological polar surface area (TPSA) is 91.2 Å². The van der Waals surface area contributed by atoms with Gasteiger partial charge in [0.25, 0.3) is 0 Å². The second kappa shape index (κ2) is 6.68. The number of hydrogen-bond acceptors (Lipinski definition) is 7. The Morgan fingerprint density at radius 2 is 2.08 bits per heavy atom. The summed E-state index contributed by atoms with van der Waals surface area (Å²) in [5.74, 6) is 1.45. The zero-order valence-electron chi connectivity index (χ0n) is 13.0. The minimum absolute atomic E-state index is 0.0502. The molecular weight excluding hydrogens is 330 g/mol. The number of thioether (sulfide) groups is 1. The number of benzene rings is 1. The van der Waals surface area contributed by atoms with Crippen LogP contribution >= 0.6 is 11.8 Å². The molecule has 0 bridgehead atoms. The molecule has 0 radical (unpaired) electrons. The molecule has 2 aliphatic rings. The zero-order chi connectivity index (χ0) is 16.4. The van der Waals surface area contributed by atoms with Crippen molar-refractivity contribution in [3.63, 3.8) is 0 Å². The van der Waals surface area contributed by atoms with E-state index in [0.717, 1.165) is 37.2 Å². The lowest BCUT2D eigenvalue weighted by molar-refractivity contribution is -0.120. The van der Waals surface area contributed by atoms with Crippen molar-refractivity contribution in [1.82, 2.24) is 25.5 Å². The highest BCUT2D eigenvalue weighted by molar-refractivity contribution is 8.00. The summed E-state index contributed by atoms with van der Waals surface area (Å²) < 4.78 is 12.8. The molecule has 24 heavy (non-hydrogen) atoms. The molecule has 1 saturated heterocycles. The predicted molar refractivity (Wildman–Crippen MR) is 86.6 cm³/mol. The van der Waals surface area contributed by atoms with E-state index in [1.54, 1.807) is 4.68 Å². The average Bonchev–Trinajstić information content (AvgIpc) is 2.98. The first kappa shape index (κ1) is 15.3. The first-order valence-electron chi connectivity index (χ1n) is 7.94. The molecule has 8 nitrogen and oxygen atoms in total. The smallest absolute Gasteiger partial charge is 0.233 e. The third kappa shape index (κ3) is 3.03. The van der Waals surface area contributed by atoms with E-state index in [1.165, 1.54) is 11.8 Å². The summed E-state index contributed by atoms with van der Waals surface area (Å²) >= 11 is 1.39. The summed E-state index contributed by atoms with van der Waals surface area (Å²) in [6.45, 7) is 1.81. The number of carbonyl (C=O) groups is 1. The van der Waals surface area contributed by atoms with Gasteiger partial charge in [-0.1, -0.05) is 18.2 Å². The second-order valence-corrected chi connectivity index (χ2v) is 6.76. The Labute approximate surface area is 142 Å². The number of carbonyl (C=O) groups excluding carboxylic acids is 1. The van der Waals surface area contributed by atoms with Crippen molar-refractivity contribution >= 4 is 17.7 Å². The van der Waals surface area contributed by atoms with Gasteiger partial charge in [-0.05, 0) is 35.4 Å². The Kier molecular flexibility index (Phi) is 4.24. The number of fused-ring (bicyclic) bond motifs is 1. The fourth-order valence-corrected chi connectivity index (χ4v) is 3.78. The summed E-state index contributed by atoms with van der Waals surface area (Å²) in [4.78, 5) is 12.1. The first-order valence-corrected chi connectivity index (χ1v) is 8.82. The van der Waals surface area contributed by atoms with Crippen LogP contribution in [0, 0.1) is 0 Å². The van der Waals surface area contributed by atoms with E-state index in [0.29, 0.717) is 24.1 Å². The van der Waals surface area contributed by atoms with Gasteiger partial charge in [-0.15, -0.1) is 5.10 Å². The molecule has 1 aromatic heterocycles. The zero-order valence-corrected chi connectivity index (χ0v) is 13.8. The predicted octanol–water partition coefficient (Wildman–Crippen LogP) is 1.19. The molecule has 0 unspecified atom stereocenters. The standard InChI is InChI=1S/C15H17N5O3S/c21-14-13(3-1-2-6-16-14)24-15-17-18-19-20(15)10-4-5-11-12(9-10)23-8-7-22-11/h4-5,9,13H,1-3,6-8H2,(H,16,21)/t13-/m0/s1. The normalized spacial score (nSPS) is 20.3. The van der Waals surface area contributed by atoms with E-state index in [2.05, 4.69) is 20.8 Å². The van der Waals surface area contributed by atoms with Crippen molar-refractivity contribution in [2.75, 3.05) is 19.8 Å². The van der Waals surface area contributed by atoms with Crippen LogP contribution in [0.15, 0.2) is 23.4 Å². The molecule has 9 heteroatoms. The molecule has 2 aliphatic heterocycles.